The number of hydrogen-bond donors (Lipinski definition) is 2. The molecule has 1 rings (SSSR count). The summed E-state index contributed by atoms with van der Waals surface area (Å²) in [6, 6.07) is 0. The van der Waals surface area contributed by atoms with Gasteiger partial charge in [-0.25, -0.2) is 0 Å². The second kappa shape index (κ2) is 9.33. The molecule has 0 saturated carbocycles. The summed E-state index contributed by atoms with van der Waals surface area (Å²) in [6.07, 6.45) is 3.02. The fourth-order valence-corrected chi connectivity index (χ4v) is 1.88. The Bertz CT molecular complexity index is 240. The van der Waals surface area contributed by atoms with Crippen LogP contribution in [0.25, 0.3) is 0 Å². The Labute approximate surface area is 110 Å². The van der Waals surface area contributed by atoms with Crippen LogP contribution in [0, 0.1) is 0 Å². The third kappa shape index (κ3) is 5.82. The molecule has 0 aromatic rings. The maximum absolute atomic E-state index is 9.81. The second-order valence-electron chi connectivity index (χ2n) is 4.41. The van der Waals surface area contributed by atoms with Crippen molar-refractivity contribution in [2.45, 2.75) is 25.9 Å². The molecule has 5 heteroatoms. The number of rotatable bonds is 8. The van der Waals surface area contributed by atoms with Gasteiger partial charge in [-0.05, 0) is 18.9 Å². The molecule has 0 aromatic carbocycles. The van der Waals surface area contributed by atoms with E-state index in [0.29, 0.717) is 25.3 Å². The van der Waals surface area contributed by atoms with Crippen molar-refractivity contribution in [2.24, 2.45) is 5.73 Å². The summed E-state index contributed by atoms with van der Waals surface area (Å²) in [5.74, 6) is 0.663. The SMILES string of the molecule is CCC(O)C(=CCCN1CCOCC1)OCCN. The average molecular weight is 258 g/mol. The van der Waals surface area contributed by atoms with Gasteiger partial charge in [0, 0.05) is 26.2 Å². The summed E-state index contributed by atoms with van der Waals surface area (Å²) in [4.78, 5) is 2.36. The van der Waals surface area contributed by atoms with E-state index in [1.165, 1.54) is 0 Å². The highest BCUT2D eigenvalue weighted by molar-refractivity contribution is 5.00. The minimum Gasteiger partial charge on any atom is -0.494 e. The summed E-state index contributed by atoms with van der Waals surface area (Å²) < 4.78 is 10.8. The van der Waals surface area contributed by atoms with E-state index in [1.54, 1.807) is 0 Å². The molecule has 3 N–H and O–H groups in total. The summed E-state index contributed by atoms with van der Waals surface area (Å²) in [7, 11) is 0. The third-order valence-electron chi connectivity index (χ3n) is 3.00. The zero-order chi connectivity index (χ0) is 13.2. The highest BCUT2D eigenvalue weighted by atomic mass is 16.5. The van der Waals surface area contributed by atoms with Crippen molar-refractivity contribution in [3.8, 4) is 0 Å². The van der Waals surface area contributed by atoms with Crippen molar-refractivity contribution in [3.05, 3.63) is 11.8 Å². The van der Waals surface area contributed by atoms with Crippen LogP contribution < -0.4 is 5.73 Å². The first-order valence-electron chi connectivity index (χ1n) is 6.79. The molecule has 0 bridgehead atoms. The van der Waals surface area contributed by atoms with Gasteiger partial charge < -0.3 is 20.3 Å². The molecule has 18 heavy (non-hydrogen) atoms. The lowest BCUT2D eigenvalue weighted by atomic mass is 10.2. The number of morpholine rings is 1. The number of nitrogens with two attached hydrogens (primary N) is 1. The first kappa shape index (κ1) is 15.4. The molecule has 1 saturated heterocycles. The summed E-state index contributed by atoms with van der Waals surface area (Å²) >= 11 is 0. The Morgan fingerprint density at radius 3 is 2.83 bits per heavy atom. The molecule has 1 aliphatic rings. The fourth-order valence-electron chi connectivity index (χ4n) is 1.88. The van der Waals surface area contributed by atoms with E-state index in [-0.39, 0.29) is 0 Å². The maximum atomic E-state index is 9.81. The molecule has 106 valence electrons. The maximum Gasteiger partial charge on any atom is 0.121 e. The predicted molar refractivity (Wildman–Crippen MR) is 71.3 cm³/mol. The Kier molecular flexibility index (Phi) is 8.00. The first-order valence-corrected chi connectivity index (χ1v) is 6.79. The normalized spacial score (nSPS) is 19.8. The van der Waals surface area contributed by atoms with Gasteiger partial charge in [-0.15, -0.1) is 0 Å². The van der Waals surface area contributed by atoms with Gasteiger partial charge in [0.1, 0.15) is 18.5 Å². The van der Waals surface area contributed by atoms with Crippen LogP contribution in [0.3, 0.4) is 0 Å². The number of aliphatic hydroxyl groups is 1. The number of nitrogens with zero attached hydrogens (tertiary/aromatic N) is 1. The van der Waals surface area contributed by atoms with Gasteiger partial charge in [-0.1, -0.05) is 6.92 Å². The zero-order valence-corrected chi connectivity index (χ0v) is 11.3. The second-order valence-corrected chi connectivity index (χ2v) is 4.41. The average Bonchev–Trinajstić information content (AvgIpc) is 2.43. The molecule has 0 aliphatic carbocycles. The van der Waals surface area contributed by atoms with E-state index in [2.05, 4.69) is 4.90 Å². The lowest BCUT2D eigenvalue weighted by molar-refractivity contribution is 0.0383. The van der Waals surface area contributed by atoms with Gasteiger partial charge in [0.2, 0.25) is 0 Å². The predicted octanol–water partition coefficient (Wildman–Crippen LogP) is 0.339. The van der Waals surface area contributed by atoms with Crippen molar-refractivity contribution in [1.29, 1.82) is 0 Å². The minimum atomic E-state index is -0.513. The molecule has 0 spiro atoms. The van der Waals surface area contributed by atoms with Crippen molar-refractivity contribution < 1.29 is 14.6 Å². The standard InChI is InChI=1S/C13H26N2O3/c1-2-12(16)13(18-9-5-14)4-3-6-15-7-10-17-11-8-15/h4,12,16H,2-3,5-11,14H2,1H3. The van der Waals surface area contributed by atoms with Crippen molar-refractivity contribution in [1.82, 2.24) is 4.90 Å². The lowest BCUT2D eigenvalue weighted by Gasteiger charge is -2.26. The molecular formula is C13H26N2O3. The quantitative estimate of drug-likeness (QED) is 0.615. The van der Waals surface area contributed by atoms with Crippen LogP contribution in [0.15, 0.2) is 11.8 Å². The molecular weight excluding hydrogens is 232 g/mol. The number of hydrogen-bond acceptors (Lipinski definition) is 5. The van der Waals surface area contributed by atoms with Gasteiger partial charge in [0.05, 0.1) is 13.2 Å². The van der Waals surface area contributed by atoms with E-state index >= 15 is 0 Å². The van der Waals surface area contributed by atoms with Crippen LogP contribution in [0.2, 0.25) is 0 Å². The van der Waals surface area contributed by atoms with Crippen molar-refractivity contribution >= 4 is 0 Å². The van der Waals surface area contributed by atoms with Crippen molar-refractivity contribution in [2.75, 3.05) is 46.0 Å². The monoisotopic (exact) mass is 258 g/mol. The molecule has 0 radical (unpaired) electrons. The number of ether oxygens (including phenoxy) is 2. The Hall–Kier alpha value is -0.620. The molecule has 5 nitrogen and oxygen atoms in total. The van der Waals surface area contributed by atoms with Gasteiger partial charge in [0.15, 0.2) is 0 Å². The van der Waals surface area contributed by atoms with E-state index in [1.807, 2.05) is 13.0 Å². The van der Waals surface area contributed by atoms with Crippen LogP contribution in [0.1, 0.15) is 19.8 Å². The van der Waals surface area contributed by atoms with Crippen molar-refractivity contribution in [3.63, 3.8) is 0 Å². The summed E-state index contributed by atoms with van der Waals surface area (Å²) in [5.41, 5.74) is 5.41. The van der Waals surface area contributed by atoms with Gasteiger partial charge in [-0.3, -0.25) is 4.90 Å². The molecule has 1 heterocycles. The Morgan fingerprint density at radius 2 is 2.22 bits per heavy atom. The van der Waals surface area contributed by atoms with Crippen LogP contribution >= 0.6 is 0 Å². The molecule has 0 aromatic heterocycles. The Balaban J connectivity index is 2.33. The largest absolute Gasteiger partial charge is 0.494 e. The van der Waals surface area contributed by atoms with E-state index in [4.69, 9.17) is 15.2 Å². The third-order valence-corrected chi connectivity index (χ3v) is 3.00. The van der Waals surface area contributed by atoms with Crippen LogP contribution in [-0.2, 0) is 9.47 Å². The highest BCUT2D eigenvalue weighted by Gasteiger charge is 2.11. The molecule has 1 unspecified atom stereocenters. The highest BCUT2D eigenvalue weighted by Crippen LogP contribution is 2.10. The fraction of sp³-hybridized carbons (Fsp3) is 0.846. The first-order chi connectivity index (χ1) is 8.77. The molecule has 1 fully saturated rings. The van der Waals surface area contributed by atoms with E-state index in [9.17, 15) is 5.11 Å². The molecule has 1 atom stereocenters. The molecule has 0 amide bonds. The minimum absolute atomic E-state index is 0.459. The van der Waals surface area contributed by atoms with E-state index in [0.717, 1.165) is 39.3 Å². The summed E-state index contributed by atoms with van der Waals surface area (Å²) in [5, 5.41) is 9.81. The van der Waals surface area contributed by atoms with Crippen LogP contribution in [0.4, 0.5) is 0 Å². The van der Waals surface area contributed by atoms with Crippen LogP contribution in [0.5, 0.6) is 0 Å². The van der Waals surface area contributed by atoms with Crippen LogP contribution in [-0.4, -0.2) is 62.1 Å². The Morgan fingerprint density at radius 1 is 1.50 bits per heavy atom. The van der Waals surface area contributed by atoms with E-state index < -0.39 is 6.10 Å². The van der Waals surface area contributed by atoms with Gasteiger partial charge >= 0.3 is 0 Å². The van der Waals surface area contributed by atoms with Gasteiger partial charge in [-0.2, -0.15) is 0 Å². The lowest BCUT2D eigenvalue weighted by Crippen LogP contribution is -2.36. The zero-order valence-electron chi connectivity index (χ0n) is 11.3. The number of aliphatic hydroxyl groups excluding tert-OH is 1. The topological polar surface area (TPSA) is 68.0 Å². The summed E-state index contributed by atoms with van der Waals surface area (Å²) in [6.45, 7) is 7.46. The van der Waals surface area contributed by atoms with Gasteiger partial charge in [0.25, 0.3) is 0 Å². The smallest absolute Gasteiger partial charge is 0.121 e. The molecule has 1 aliphatic heterocycles.